The molecule has 1 aromatic heterocycles. The highest BCUT2D eigenvalue weighted by atomic mass is 35.5. The number of alkyl halides is 4. The van der Waals surface area contributed by atoms with Crippen LogP contribution in [0.15, 0.2) is 102 Å². The van der Waals surface area contributed by atoms with Crippen LogP contribution in [0.25, 0.3) is 0 Å². The molecular weight excluding hydrogens is 659 g/mol. The molecule has 1 aliphatic heterocycles. The number of hydrogen-bond donors (Lipinski definition) is 1. The number of nitrogens with two attached hydrogens (primary N) is 1. The van der Waals surface area contributed by atoms with E-state index in [1.807, 2.05) is 91.0 Å². The number of hydrogen-bond acceptors (Lipinski definition) is 6. The van der Waals surface area contributed by atoms with Crippen LogP contribution in [0.5, 0.6) is 0 Å². The molecule has 48 heavy (non-hydrogen) atoms. The van der Waals surface area contributed by atoms with Gasteiger partial charge in [-0.1, -0.05) is 112 Å². The van der Waals surface area contributed by atoms with Gasteiger partial charge in [0.2, 0.25) is 0 Å². The van der Waals surface area contributed by atoms with Crippen molar-refractivity contribution in [2.24, 2.45) is 0 Å². The Hall–Kier alpha value is -3.48. The van der Waals surface area contributed by atoms with Crippen LogP contribution in [0.4, 0.5) is 19.0 Å². The van der Waals surface area contributed by atoms with Crippen LogP contribution >= 0.6 is 11.6 Å². The van der Waals surface area contributed by atoms with Crippen molar-refractivity contribution in [3.63, 3.8) is 0 Å². The third-order valence-electron chi connectivity index (χ3n) is 9.54. The Morgan fingerprint density at radius 2 is 1.42 bits per heavy atom. The molecule has 0 aliphatic carbocycles. The van der Waals surface area contributed by atoms with E-state index in [0.717, 1.165) is 21.3 Å². The summed E-state index contributed by atoms with van der Waals surface area (Å²) in [6.07, 6.45) is -6.34. The number of ether oxygens (including phenoxy) is 2. The quantitative estimate of drug-likeness (QED) is 0.102. The Balaban J connectivity index is 1.71. The Labute approximate surface area is 285 Å². The predicted molar refractivity (Wildman–Crippen MR) is 183 cm³/mol. The lowest BCUT2D eigenvalue weighted by molar-refractivity contribution is -0.151. The van der Waals surface area contributed by atoms with E-state index in [4.69, 9.17) is 31.2 Å². The number of anilines is 1. The first kappa shape index (κ1) is 35.8. The van der Waals surface area contributed by atoms with Crippen molar-refractivity contribution in [3.05, 3.63) is 130 Å². The molecule has 0 radical (unpaired) electrons. The van der Waals surface area contributed by atoms with Crippen molar-refractivity contribution < 1.29 is 27.1 Å². The molecule has 3 atom stereocenters. The first-order valence-electron chi connectivity index (χ1n) is 15.7. The maximum absolute atomic E-state index is 14.0. The molecule has 7 nitrogen and oxygen atoms in total. The van der Waals surface area contributed by atoms with Crippen LogP contribution in [-0.4, -0.2) is 42.1 Å². The average molecular weight is 700 g/mol. The van der Waals surface area contributed by atoms with E-state index in [2.05, 4.69) is 38.8 Å². The third-order valence-corrected chi connectivity index (χ3v) is 14.5. The molecule has 0 saturated carbocycles. The lowest BCUT2D eigenvalue weighted by Crippen LogP contribution is -2.54. The topological polar surface area (TPSA) is 88.6 Å². The van der Waals surface area contributed by atoms with Gasteiger partial charge in [0.1, 0.15) is 28.8 Å². The maximum Gasteiger partial charge on any atom is 0.421 e. The molecule has 12 heteroatoms. The minimum Gasteiger partial charge on any atom is -0.414 e. The van der Waals surface area contributed by atoms with E-state index in [1.54, 1.807) is 0 Å². The monoisotopic (exact) mass is 699 g/mol. The summed E-state index contributed by atoms with van der Waals surface area (Å²) in [5.74, 6) is -1.05. The fraction of sp³-hybridized carbons (Fsp3) is 0.389. The van der Waals surface area contributed by atoms with E-state index in [1.165, 1.54) is 0 Å². The van der Waals surface area contributed by atoms with Gasteiger partial charge in [0.25, 0.3) is 0 Å². The number of nitrogen functional groups attached to an aromatic ring is 1. The molecule has 1 aliphatic rings. The van der Waals surface area contributed by atoms with Gasteiger partial charge in [0.05, 0.1) is 18.6 Å². The largest absolute Gasteiger partial charge is 0.421 e. The van der Waals surface area contributed by atoms with Gasteiger partial charge in [0, 0.05) is 12.6 Å². The minimum absolute atomic E-state index is 0.0219. The standard InChI is InChI=1S/C36H41ClF3N3O4Si/c1-33(2,3)48(4,5)45-24-34(23-37)29(21-30(47-34)43-22-28(36(38,39)40)31(41)42-32(43)44)46-35(25-15-9-6-10-16-25,26-17-11-7-12-18-26)27-19-13-8-14-20-27/h6-20,22,29-30H,21,23-24H2,1-5H3,(H2,41,42,44)/t29-,30+,34+/m0/s1. The molecule has 5 rings (SSSR count). The minimum atomic E-state index is -4.85. The summed E-state index contributed by atoms with van der Waals surface area (Å²) in [5.41, 5.74) is 3.15. The van der Waals surface area contributed by atoms with E-state index < -0.39 is 55.1 Å². The fourth-order valence-corrected chi connectivity index (χ4v) is 7.11. The second kappa shape index (κ2) is 13.4. The number of rotatable bonds is 10. The molecule has 1 saturated heterocycles. The zero-order valence-corrected chi connectivity index (χ0v) is 29.4. The molecule has 0 bridgehead atoms. The van der Waals surface area contributed by atoms with E-state index >= 15 is 0 Å². The van der Waals surface area contributed by atoms with Crippen LogP contribution in [-0.2, 0) is 25.7 Å². The Morgan fingerprint density at radius 1 is 0.938 bits per heavy atom. The summed E-state index contributed by atoms with van der Waals surface area (Å²) in [4.78, 5) is 16.6. The molecule has 1 fully saturated rings. The van der Waals surface area contributed by atoms with Crippen LogP contribution in [0.1, 0.15) is 55.7 Å². The van der Waals surface area contributed by atoms with Gasteiger partial charge in [-0.15, -0.1) is 11.6 Å². The second-order valence-corrected chi connectivity index (χ2v) is 18.7. The van der Waals surface area contributed by atoms with Crippen molar-refractivity contribution in [2.75, 3.05) is 18.2 Å². The second-order valence-electron chi connectivity index (χ2n) is 13.7. The summed E-state index contributed by atoms with van der Waals surface area (Å²) in [6.45, 7) is 10.5. The number of nitrogens with zero attached hydrogens (tertiary/aromatic N) is 2. The van der Waals surface area contributed by atoms with Crippen LogP contribution in [0.3, 0.4) is 0 Å². The van der Waals surface area contributed by atoms with E-state index in [0.29, 0.717) is 6.20 Å². The highest BCUT2D eigenvalue weighted by molar-refractivity contribution is 6.74. The van der Waals surface area contributed by atoms with Crippen molar-refractivity contribution in [1.82, 2.24) is 9.55 Å². The predicted octanol–water partition coefficient (Wildman–Crippen LogP) is 8.14. The summed E-state index contributed by atoms with van der Waals surface area (Å²) < 4.78 is 63.4. The zero-order chi connectivity index (χ0) is 35.0. The van der Waals surface area contributed by atoms with Crippen LogP contribution in [0, 0.1) is 0 Å². The van der Waals surface area contributed by atoms with Gasteiger partial charge < -0.3 is 19.6 Å². The van der Waals surface area contributed by atoms with Gasteiger partial charge in [-0.25, -0.2) is 4.79 Å². The molecule has 0 unspecified atom stereocenters. The van der Waals surface area contributed by atoms with Gasteiger partial charge in [-0.05, 0) is 34.8 Å². The molecule has 0 spiro atoms. The first-order valence-corrected chi connectivity index (χ1v) is 19.2. The fourth-order valence-electron chi connectivity index (χ4n) is 5.76. The Kier molecular flexibility index (Phi) is 10.0. The summed E-state index contributed by atoms with van der Waals surface area (Å²) in [5, 5.41) is -0.170. The maximum atomic E-state index is 14.0. The Morgan fingerprint density at radius 3 is 1.83 bits per heavy atom. The molecule has 2 heterocycles. The third kappa shape index (κ3) is 6.84. The van der Waals surface area contributed by atoms with Crippen molar-refractivity contribution in [3.8, 4) is 0 Å². The Bertz CT molecular complexity index is 1660. The number of halogens is 4. The van der Waals surface area contributed by atoms with Crippen molar-refractivity contribution in [2.45, 2.75) is 75.0 Å². The van der Waals surface area contributed by atoms with Gasteiger partial charge in [-0.2, -0.15) is 18.2 Å². The average Bonchev–Trinajstić information content (AvgIpc) is 3.40. The number of benzene rings is 3. The molecule has 0 amide bonds. The summed E-state index contributed by atoms with van der Waals surface area (Å²) in [6, 6.07) is 29.0. The molecule has 256 valence electrons. The van der Waals surface area contributed by atoms with Gasteiger partial charge in [0.15, 0.2) is 8.32 Å². The van der Waals surface area contributed by atoms with Crippen LogP contribution < -0.4 is 11.4 Å². The molecule has 2 N–H and O–H groups in total. The van der Waals surface area contributed by atoms with Gasteiger partial charge in [-0.3, -0.25) is 4.57 Å². The zero-order valence-electron chi connectivity index (χ0n) is 27.6. The van der Waals surface area contributed by atoms with Crippen molar-refractivity contribution >= 4 is 25.7 Å². The van der Waals surface area contributed by atoms with E-state index in [9.17, 15) is 18.0 Å². The highest BCUT2D eigenvalue weighted by Gasteiger charge is 2.55. The molecule has 3 aromatic carbocycles. The summed E-state index contributed by atoms with van der Waals surface area (Å²) >= 11 is 6.82. The van der Waals surface area contributed by atoms with Crippen LogP contribution in [0.2, 0.25) is 18.1 Å². The summed E-state index contributed by atoms with van der Waals surface area (Å²) in [7, 11) is -2.41. The van der Waals surface area contributed by atoms with E-state index in [-0.39, 0.29) is 23.9 Å². The molecule has 4 aromatic rings. The van der Waals surface area contributed by atoms with Gasteiger partial charge >= 0.3 is 11.9 Å². The van der Waals surface area contributed by atoms with Crippen molar-refractivity contribution in [1.29, 1.82) is 0 Å². The molecular formula is C36H41ClF3N3O4Si. The number of aromatic nitrogens is 2. The highest BCUT2D eigenvalue weighted by Crippen LogP contribution is 2.49. The normalized spacial score (nSPS) is 20.6. The SMILES string of the molecule is CC(C)(C)[Si](C)(C)OC[C@@]1(CCl)O[C@@H](n2cc(C(F)(F)F)c(N)nc2=O)C[C@@H]1OC(c1ccccc1)(c1ccccc1)c1ccccc1. The lowest BCUT2D eigenvalue weighted by Gasteiger charge is -2.44. The first-order chi connectivity index (χ1) is 22.5. The lowest BCUT2D eigenvalue weighted by atomic mass is 9.79. The smallest absolute Gasteiger partial charge is 0.414 e.